The van der Waals surface area contributed by atoms with Crippen molar-refractivity contribution >= 4 is 11.9 Å². The summed E-state index contributed by atoms with van der Waals surface area (Å²) < 4.78 is 5.68. The number of benzene rings is 1. The van der Waals surface area contributed by atoms with Gasteiger partial charge in [0.1, 0.15) is 5.75 Å². The summed E-state index contributed by atoms with van der Waals surface area (Å²) in [6.45, 7) is 1.27. The van der Waals surface area contributed by atoms with Gasteiger partial charge in [-0.25, -0.2) is 9.78 Å². The number of hydrogen-bond donors (Lipinski definition) is 2. The highest BCUT2D eigenvalue weighted by atomic mass is 16.5. The molecular weight excluding hydrogens is 320 g/mol. The predicted molar refractivity (Wildman–Crippen MR) is 91.9 cm³/mol. The Hall–Kier alpha value is -3.09. The number of carbonyl (C=O) groups excluding carboxylic acids is 2. The largest absolute Gasteiger partial charge is 0.439 e. The molecule has 1 aromatic carbocycles. The van der Waals surface area contributed by atoms with Crippen LogP contribution in [-0.2, 0) is 11.3 Å². The van der Waals surface area contributed by atoms with Crippen molar-refractivity contribution in [3.8, 4) is 11.6 Å². The fourth-order valence-corrected chi connectivity index (χ4v) is 2.69. The maximum Gasteiger partial charge on any atom is 0.317 e. The second-order valence-corrected chi connectivity index (χ2v) is 5.91. The van der Waals surface area contributed by atoms with Crippen LogP contribution in [0.1, 0.15) is 12.0 Å². The van der Waals surface area contributed by atoms with Crippen molar-refractivity contribution in [1.29, 1.82) is 0 Å². The molecule has 3 rings (SSSR count). The molecule has 0 spiro atoms. The van der Waals surface area contributed by atoms with E-state index in [2.05, 4.69) is 10.3 Å². The molecule has 2 heterocycles. The zero-order valence-corrected chi connectivity index (χ0v) is 13.7. The molecule has 1 fully saturated rings. The molecule has 7 nitrogen and oxygen atoms in total. The molecule has 3 amide bonds. The molecular formula is C18H20N4O3. The van der Waals surface area contributed by atoms with E-state index < -0.39 is 0 Å². The Labute approximate surface area is 145 Å². The standard InChI is InChI=1S/C18H20N4O3/c19-17(23)14-7-9-22(12-14)18(24)21-11-13-6-8-20-16(10-13)25-15-4-2-1-3-5-15/h1-6,8,10,14H,7,9,11-12H2,(H2,19,23)(H,21,24). The van der Waals surface area contributed by atoms with Gasteiger partial charge in [-0.1, -0.05) is 18.2 Å². The van der Waals surface area contributed by atoms with Gasteiger partial charge in [-0.2, -0.15) is 0 Å². The number of nitrogens with two attached hydrogens (primary N) is 1. The van der Waals surface area contributed by atoms with Gasteiger partial charge in [-0.15, -0.1) is 0 Å². The first-order valence-electron chi connectivity index (χ1n) is 8.12. The highest BCUT2D eigenvalue weighted by molar-refractivity contribution is 5.80. The Morgan fingerprint density at radius 1 is 1.28 bits per heavy atom. The molecule has 1 saturated heterocycles. The quantitative estimate of drug-likeness (QED) is 0.868. The summed E-state index contributed by atoms with van der Waals surface area (Å²) in [5, 5.41) is 2.84. The molecule has 0 bridgehead atoms. The highest BCUT2D eigenvalue weighted by Crippen LogP contribution is 2.19. The summed E-state index contributed by atoms with van der Waals surface area (Å²) in [4.78, 5) is 29.1. The van der Waals surface area contributed by atoms with E-state index in [1.54, 1.807) is 17.2 Å². The minimum absolute atomic E-state index is 0.203. The van der Waals surface area contributed by atoms with Crippen LogP contribution in [0.15, 0.2) is 48.7 Å². The zero-order valence-electron chi connectivity index (χ0n) is 13.7. The van der Waals surface area contributed by atoms with Crippen molar-refractivity contribution in [3.05, 3.63) is 54.2 Å². The first-order chi connectivity index (χ1) is 12.1. The van der Waals surface area contributed by atoms with Crippen LogP contribution >= 0.6 is 0 Å². The third-order valence-electron chi connectivity index (χ3n) is 4.09. The maximum absolute atomic E-state index is 12.2. The lowest BCUT2D eigenvalue weighted by molar-refractivity contribution is -0.121. The lowest BCUT2D eigenvalue weighted by Crippen LogP contribution is -2.39. The highest BCUT2D eigenvalue weighted by Gasteiger charge is 2.29. The van der Waals surface area contributed by atoms with Gasteiger partial charge >= 0.3 is 6.03 Å². The number of likely N-dealkylation sites (tertiary alicyclic amines) is 1. The number of aromatic nitrogens is 1. The number of para-hydroxylation sites is 1. The van der Waals surface area contributed by atoms with Crippen molar-refractivity contribution < 1.29 is 14.3 Å². The minimum Gasteiger partial charge on any atom is -0.439 e. The van der Waals surface area contributed by atoms with Crippen LogP contribution in [0.5, 0.6) is 11.6 Å². The van der Waals surface area contributed by atoms with E-state index >= 15 is 0 Å². The first kappa shape index (κ1) is 16.8. The number of amides is 3. The van der Waals surface area contributed by atoms with Crippen molar-refractivity contribution in [2.45, 2.75) is 13.0 Å². The Morgan fingerprint density at radius 2 is 2.08 bits per heavy atom. The summed E-state index contributed by atoms with van der Waals surface area (Å²) in [5.41, 5.74) is 6.16. The van der Waals surface area contributed by atoms with Crippen LogP contribution < -0.4 is 15.8 Å². The maximum atomic E-state index is 12.2. The van der Waals surface area contributed by atoms with Gasteiger partial charge < -0.3 is 20.7 Å². The van der Waals surface area contributed by atoms with Crippen LogP contribution in [0.25, 0.3) is 0 Å². The van der Waals surface area contributed by atoms with Gasteiger partial charge in [0, 0.05) is 31.9 Å². The predicted octanol–water partition coefficient (Wildman–Crippen LogP) is 1.89. The summed E-state index contributed by atoms with van der Waals surface area (Å²) >= 11 is 0. The molecule has 7 heteroatoms. The van der Waals surface area contributed by atoms with E-state index in [0.29, 0.717) is 37.7 Å². The van der Waals surface area contributed by atoms with E-state index in [9.17, 15) is 9.59 Å². The fraction of sp³-hybridized carbons (Fsp3) is 0.278. The van der Waals surface area contributed by atoms with Crippen molar-refractivity contribution in [2.24, 2.45) is 11.7 Å². The molecule has 2 aromatic rings. The molecule has 0 aliphatic carbocycles. The molecule has 1 aliphatic rings. The van der Waals surface area contributed by atoms with Gasteiger partial charge in [0.25, 0.3) is 0 Å². The number of primary amides is 1. The average Bonchev–Trinajstić information content (AvgIpc) is 3.11. The summed E-state index contributed by atoms with van der Waals surface area (Å²) in [5.74, 6) is 0.559. The number of ether oxygens (including phenoxy) is 1. The van der Waals surface area contributed by atoms with Crippen LogP contribution in [0.2, 0.25) is 0 Å². The zero-order chi connectivity index (χ0) is 17.6. The van der Waals surface area contributed by atoms with E-state index in [1.165, 1.54) is 0 Å². The Balaban J connectivity index is 1.54. The topological polar surface area (TPSA) is 97.6 Å². The molecule has 1 aliphatic heterocycles. The second-order valence-electron chi connectivity index (χ2n) is 5.91. The Kier molecular flexibility index (Phi) is 5.13. The lowest BCUT2D eigenvalue weighted by atomic mass is 10.1. The Morgan fingerprint density at radius 3 is 2.80 bits per heavy atom. The summed E-state index contributed by atoms with van der Waals surface area (Å²) in [6, 6.07) is 12.8. The lowest BCUT2D eigenvalue weighted by Gasteiger charge is -2.17. The summed E-state index contributed by atoms with van der Waals surface area (Å²) in [7, 11) is 0. The average molecular weight is 340 g/mol. The van der Waals surface area contributed by atoms with E-state index in [-0.39, 0.29) is 17.9 Å². The molecule has 130 valence electrons. The molecule has 3 N–H and O–H groups in total. The van der Waals surface area contributed by atoms with Crippen LogP contribution in [0.4, 0.5) is 4.79 Å². The van der Waals surface area contributed by atoms with Gasteiger partial charge in [0.15, 0.2) is 0 Å². The van der Waals surface area contributed by atoms with E-state index in [1.807, 2.05) is 36.4 Å². The molecule has 1 unspecified atom stereocenters. The van der Waals surface area contributed by atoms with Gasteiger partial charge in [0.2, 0.25) is 11.8 Å². The minimum atomic E-state index is -0.355. The van der Waals surface area contributed by atoms with Crippen molar-refractivity contribution in [2.75, 3.05) is 13.1 Å². The third kappa shape index (κ3) is 4.47. The van der Waals surface area contributed by atoms with Crippen LogP contribution in [0, 0.1) is 5.92 Å². The number of nitrogens with one attached hydrogen (secondary N) is 1. The van der Waals surface area contributed by atoms with Crippen LogP contribution in [-0.4, -0.2) is 34.9 Å². The molecule has 1 aromatic heterocycles. The summed E-state index contributed by atoms with van der Waals surface area (Å²) in [6.07, 6.45) is 2.26. The SMILES string of the molecule is NC(=O)C1CCN(C(=O)NCc2ccnc(Oc3ccccc3)c2)C1. The van der Waals surface area contributed by atoms with E-state index in [0.717, 1.165) is 5.56 Å². The second kappa shape index (κ2) is 7.65. The number of rotatable bonds is 5. The Bertz CT molecular complexity index is 751. The number of pyridine rings is 1. The molecule has 25 heavy (non-hydrogen) atoms. The number of hydrogen-bond acceptors (Lipinski definition) is 4. The van der Waals surface area contributed by atoms with Crippen molar-refractivity contribution in [1.82, 2.24) is 15.2 Å². The third-order valence-corrected chi connectivity index (χ3v) is 4.09. The monoisotopic (exact) mass is 340 g/mol. The van der Waals surface area contributed by atoms with Crippen LogP contribution in [0.3, 0.4) is 0 Å². The number of carbonyl (C=O) groups is 2. The van der Waals surface area contributed by atoms with Gasteiger partial charge in [-0.05, 0) is 30.2 Å². The van der Waals surface area contributed by atoms with Crippen molar-refractivity contribution in [3.63, 3.8) is 0 Å². The van der Waals surface area contributed by atoms with E-state index in [4.69, 9.17) is 10.5 Å². The fourth-order valence-electron chi connectivity index (χ4n) is 2.69. The van der Waals surface area contributed by atoms with Gasteiger partial charge in [-0.3, -0.25) is 4.79 Å². The number of urea groups is 1. The first-order valence-corrected chi connectivity index (χ1v) is 8.12. The molecule has 0 radical (unpaired) electrons. The smallest absolute Gasteiger partial charge is 0.317 e. The van der Waals surface area contributed by atoms with Gasteiger partial charge in [0.05, 0.1) is 5.92 Å². The molecule has 0 saturated carbocycles. The normalized spacial score (nSPS) is 16.5. The molecule has 1 atom stereocenters. The number of nitrogens with zero attached hydrogens (tertiary/aromatic N) is 2.